The maximum Gasteiger partial charge on any atom is 0.306 e. The summed E-state index contributed by atoms with van der Waals surface area (Å²) in [4.78, 5) is 11.6. The predicted molar refractivity (Wildman–Crippen MR) is 93.2 cm³/mol. The fraction of sp³-hybridized carbons (Fsp3) is 0.650. The van der Waals surface area contributed by atoms with E-state index in [0.29, 0.717) is 12.5 Å². The maximum absolute atomic E-state index is 11.6. The summed E-state index contributed by atoms with van der Waals surface area (Å²) in [5, 5.41) is 0. The van der Waals surface area contributed by atoms with Crippen molar-refractivity contribution in [3.8, 4) is 0 Å². The highest BCUT2D eigenvalue weighted by Crippen LogP contribution is 2.27. The Morgan fingerprint density at radius 1 is 1.22 bits per heavy atom. The second kappa shape index (κ2) is 10.4. The molecule has 0 spiro atoms. The summed E-state index contributed by atoms with van der Waals surface area (Å²) in [7, 11) is 0. The van der Waals surface area contributed by atoms with Crippen molar-refractivity contribution in [3.05, 3.63) is 36.5 Å². The topological polar surface area (TPSA) is 38.8 Å². The van der Waals surface area contributed by atoms with Crippen molar-refractivity contribution in [1.82, 2.24) is 0 Å². The van der Waals surface area contributed by atoms with Gasteiger partial charge < -0.3 is 9.47 Å². The fourth-order valence-corrected chi connectivity index (χ4v) is 2.72. The first-order valence-electron chi connectivity index (χ1n) is 9.13. The minimum absolute atomic E-state index is 0.0911. The Kier molecular flexibility index (Phi) is 8.16. The summed E-state index contributed by atoms with van der Waals surface area (Å²) in [5.74, 6) is -0.0911. The number of allylic oxidation sites excluding steroid dienone is 2. The van der Waals surface area contributed by atoms with E-state index in [1.165, 1.54) is 25.7 Å². The van der Waals surface area contributed by atoms with Crippen LogP contribution in [0, 0.1) is 0 Å². The SMILES string of the molecule is CCCCC/C=C\C[C@@H]1O[C@@H]1C=C[C@@H]1C/C=C\CCCC(=O)O1. The maximum atomic E-state index is 11.6. The molecule has 0 bridgehead atoms. The molecule has 2 aliphatic heterocycles. The molecule has 23 heavy (non-hydrogen) atoms. The van der Waals surface area contributed by atoms with Crippen LogP contribution < -0.4 is 0 Å². The Morgan fingerprint density at radius 3 is 3.00 bits per heavy atom. The Balaban J connectivity index is 1.66. The summed E-state index contributed by atoms with van der Waals surface area (Å²) in [6.07, 6.45) is 22.3. The highest BCUT2D eigenvalue weighted by atomic mass is 16.6. The minimum atomic E-state index is -0.147. The number of esters is 1. The monoisotopic (exact) mass is 318 g/mol. The van der Waals surface area contributed by atoms with Gasteiger partial charge in [-0.05, 0) is 38.2 Å². The molecule has 0 N–H and O–H groups in total. The number of carbonyl (C=O) groups excluding carboxylic acids is 1. The largest absolute Gasteiger partial charge is 0.458 e. The van der Waals surface area contributed by atoms with E-state index in [0.717, 1.165) is 25.7 Å². The van der Waals surface area contributed by atoms with Crippen molar-refractivity contribution in [2.24, 2.45) is 0 Å². The molecule has 0 saturated carbocycles. The number of epoxide rings is 1. The van der Waals surface area contributed by atoms with E-state index in [9.17, 15) is 4.79 Å². The van der Waals surface area contributed by atoms with E-state index in [1.807, 2.05) is 6.08 Å². The predicted octanol–water partition coefficient (Wildman–Crippen LogP) is 4.88. The van der Waals surface area contributed by atoms with Gasteiger partial charge in [0.05, 0.1) is 6.10 Å². The molecule has 3 nitrogen and oxygen atoms in total. The van der Waals surface area contributed by atoms with Gasteiger partial charge in [-0.15, -0.1) is 0 Å². The van der Waals surface area contributed by atoms with Gasteiger partial charge in [0.2, 0.25) is 0 Å². The molecule has 2 rings (SSSR count). The molecule has 2 heterocycles. The van der Waals surface area contributed by atoms with Crippen LogP contribution in [0.4, 0.5) is 0 Å². The highest BCUT2D eigenvalue weighted by molar-refractivity contribution is 5.69. The Bertz CT molecular complexity index is 436. The molecule has 0 amide bonds. The molecule has 3 atom stereocenters. The summed E-state index contributed by atoms with van der Waals surface area (Å²) in [6.45, 7) is 2.23. The van der Waals surface area contributed by atoms with Crippen LogP contribution in [0.15, 0.2) is 36.5 Å². The van der Waals surface area contributed by atoms with Crippen LogP contribution in [-0.4, -0.2) is 24.3 Å². The molecule has 0 aromatic carbocycles. The Morgan fingerprint density at radius 2 is 2.13 bits per heavy atom. The first kappa shape index (κ1) is 18.0. The molecule has 3 heteroatoms. The zero-order chi connectivity index (χ0) is 16.3. The first-order chi connectivity index (χ1) is 11.3. The lowest BCUT2D eigenvalue weighted by molar-refractivity contribution is -0.146. The van der Waals surface area contributed by atoms with Crippen LogP contribution in [-0.2, 0) is 14.3 Å². The Labute approximate surface area is 140 Å². The summed E-state index contributed by atoms with van der Waals surface area (Å²) >= 11 is 0. The number of unbranched alkanes of at least 4 members (excludes halogenated alkanes) is 3. The van der Waals surface area contributed by atoms with E-state index in [1.54, 1.807) is 0 Å². The number of rotatable bonds is 8. The summed E-state index contributed by atoms with van der Waals surface area (Å²) in [6, 6.07) is 0. The van der Waals surface area contributed by atoms with Gasteiger partial charge in [0.25, 0.3) is 0 Å². The van der Waals surface area contributed by atoms with Crippen LogP contribution in [0.5, 0.6) is 0 Å². The van der Waals surface area contributed by atoms with Gasteiger partial charge in [-0.25, -0.2) is 0 Å². The highest BCUT2D eigenvalue weighted by Gasteiger charge is 2.35. The number of ether oxygens (including phenoxy) is 2. The Hall–Kier alpha value is -1.35. The van der Waals surface area contributed by atoms with Crippen LogP contribution in [0.1, 0.15) is 64.7 Å². The molecule has 0 radical (unpaired) electrons. The van der Waals surface area contributed by atoms with Crippen molar-refractivity contribution >= 4 is 5.97 Å². The molecule has 1 fully saturated rings. The normalized spacial score (nSPS) is 30.0. The standard InChI is InChI=1S/C20H30O3/c1-2-3-4-5-6-10-13-18-19(23-18)16-15-17-12-9-7-8-11-14-20(21)22-17/h6-7,9-10,15-19H,2-5,8,11-14H2,1H3/b9-7-,10-6-,16-15?/t17-,18-,19+/m0/s1. The van der Waals surface area contributed by atoms with Crippen molar-refractivity contribution in [3.63, 3.8) is 0 Å². The average molecular weight is 318 g/mol. The number of hydrogen-bond donors (Lipinski definition) is 0. The first-order valence-corrected chi connectivity index (χ1v) is 9.13. The second-order valence-electron chi connectivity index (χ2n) is 6.35. The molecule has 0 aromatic heterocycles. The van der Waals surface area contributed by atoms with Crippen molar-refractivity contribution in [1.29, 1.82) is 0 Å². The zero-order valence-electron chi connectivity index (χ0n) is 14.3. The van der Waals surface area contributed by atoms with E-state index in [4.69, 9.17) is 9.47 Å². The van der Waals surface area contributed by atoms with E-state index in [-0.39, 0.29) is 18.2 Å². The molecule has 0 unspecified atom stereocenters. The third-order valence-electron chi connectivity index (χ3n) is 4.22. The van der Waals surface area contributed by atoms with E-state index < -0.39 is 0 Å². The molecule has 128 valence electrons. The van der Waals surface area contributed by atoms with E-state index in [2.05, 4.69) is 37.3 Å². The fourth-order valence-electron chi connectivity index (χ4n) is 2.72. The molecule has 1 saturated heterocycles. The van der Waals surface area contributed by atoms with Gasteiger partial charge in [0, 0.05) is 12.8 Å². The average Bonchev–Trinajstić information content (AvgIpc) is 3.27. The number of hydrogen-bond acceptors (Lipinski definition) is 3. The molecule has 0 aliphatic carbocycles. The van der Waals surface area contributed by atoms with Crippen LogP contribution in [0.3, 0.4) is 0 Å². The number of cyclic esters (lactones) is 1. The lowest BCUT2D eigenvalue weighted by atomic mass is 10.1. The van der Waals surface area contributed by atoms with Crippen LogP contribution in [0.25, 0.3) is 0 Å². The lowest BCUT2D eigenvalue weighted by Gasteiger charge is -2.11. The summed E-state index contributed by atoms with van der Waals surface area (Å²) < 4.78 is 11.1. The van der Waals surface area contributed by atoms with Gasteiger partial charge in [0.15, 0.2) is 0 Å². The molecule has 0 aromatic rings. The second-order valence-corrected chi connectivity index (χ2v) is 6.35. The lowest BCUT2D eigenvalue weighted by Crippen LogP contribution is -2.15. The minimum Gasteiger partial charge on any atom is -0.458 e. The van der Waals surface area contributed by atoms with Gasteiger partial charge >= 0.3 is 5.97 Å². The smallest absolute Gasteiger partial charge is 0.306 e. The number of carbonyl (C=O) groups is 1. The molecular weight excluding hydrogens is 288 g/mol. The third kappa shape index (κ3) is 7.65. The molecular formula is C20H30O3. The van der Waals surface area contributed by atoms with Crippen molar-refractivity contribution in [2.45, 2.75) is 83.0 Å². The van der Waals surface area contributed by atoms with Crippen molar-refractivity contribution < 1.29 is 14.3 Å². The van der Waals surface area contributed by atoms with Crippen molar-refractivity contribution in [2.75, 3.05) is 0 Å². The zero-order valence-corrected chi connectivity index (χ0v) is 14.3. The third-order valence-corrected chi connectivity index (χ3v) is 4.22. The van der Waals surface area contributed by atoms with Gasteiger partial charge in [-0.1, -0.05) is 50.1 Å². The summed E-state index contributed by atoms with van der Waals surface area (Å²) in [5.41, 5.74) is 0. The van der Waals surface area contributed by atoms with Gasteiger partial charge in [-0.3, -0.25) is 4.79 Å². The van der Waals surface area contributed by atoms with Gasteiger partial charge in [-0.2, -0.15) is 0 Å². The quantitative estimate of drug-likeness (QED) is 0.277. The molecule has 2 aliphatic rings. The van der Waals surface area contributed by atoms with Crippen LogP contribution in [0.2, 0.25) is 0 Å². The van der Waals surface area contributed by atoms with Crippen LogP contribution >= 0.6 is 0 Å². The van der Waals surface area contributed by atoms with E-state index >= 15 is 0 Å². The van der Waals surface area contributed by atoms with Gasteiger partial charge in [0.1, 0.15) is 12.2 Å².